The van der Waals surface area contributed by atoms with Crippen molar-refractivity contribution in [2.24, 2.45) is 5.92 Å². The SMILES string of the molecule is N#Cc1ccc(C2CC(CN3CCCC3)C2)cc1. The van der Waals surface area contributed by atoms with Crippen molar-refractivity contribution in [3.05, 3.63) is 35.4 Å². The van der Waals surface area contributed by atoms with Crippen molar-refractivity contribution < 1.29 is 0 Å². The summed E-state index contributed by atoms with van der Waals surface area (Å²) in [6, 6.07) is 10.3. The van der Waals surface area contributed by atoms with Crippen LogP contribution >= 0.6 is 0 Å². The highest BCUT2D eigenvalue weighted by Crippen LogP contribution is 2.42. The van der Waals surface area contributed by atoms with Crippen LogP contribution in [0.25, 0.3) is 0 Å². The van der Waals surface area contributed by atoms with E-state index in [1.165, 1.54) is 50.9 Å². The molecule has 1 heterocycles. The molecule has 1 saturated heterocycles. The van der Waals surface area contributed by atoms with Crippen LogP contribution in [0, 0.1) is 17.2 Å². The number of hydrogen-bond donors (Lipinski definition) is 0. The zero-order valence-electron chi connectivity index (χ0n) is 10.8. The Labute approximate surface area is 109 Å². The smallest absolute Gasteiger partial charge is 0.0991 e. The highest BCUT2D eigenvalue weighted by Gasteiger charge is 2.31. The lowest BCUT2D eigenvalue weighted by atomic mass is 9.71. The van der Waals surface area contributed by atoms with Gasteiger partial charge in [-0.25, -0.2) is 0 Å². The molecule has 1 aliphatic heterocycles. The number of likely N-dealkylation sites (tertiary alicyclic amines) is 1. The number of hydrogen-bond acceptors (Lipinski definition) is 2. The van der Waals surface area contributed by atoms with E-state index in [0.29, 0.717) is 0 Å². The lowest BCUT2D eigenvalue weighted by Crippen LogP contribution is -2.33. The summed E-state index contributed by atoms with van der Waals surface area (Å²) in [6.45, 7) is 3.95. The third kappa shape index (κ3) is 2.42. The van der Waals surface area contributed by atoms with Crippen molar-refractivity contribution in [1.82, 2.24) is 4.90 Å². The van der Waals surface area contributed by atoms with E-state index in [2.05, 4.69) is 23.1 Å². The third-order valence-electron chi connectivity index (χ3n) is 4.46. The quantitative estimate of drug-likeness (QED) is 0.811. The van der Waals surface area contributed by atoms with E-state index in [-0.39, 0.29) is 0 Å². The summed E-state index contributed by atoms with van der Waals surface area (Å²) < 4.78 is 0. The molecule has 2 aliphatic rings. The molecule has 0 aromatic heterocycles. The topological polar surface area (TPSA) is 27.0 Å². The summed E-state index contributed by atoms with van der Waals surface area (Å²) in [4.78, 5) is 2.62. The second kappa shape index (κ2) is 5.12. The monoisotopic (exact) mass is 240 g/mol. The van der Waals surface area contributed by atoms with Gasteiger partial charge < -0.3 is 4.90 Å². The average Bonchev–Trinajstić information content (AvgIpc) is 2.86. The Bertz CT molecular complexity index is 431. The molecule has 0 unspecified atom stereocenters. The van der Waals surface area contributed by atoms with Crippen LogP contribution in [0.1, 0.15) is 42.7 Å². The Hall–Kier alpha value is -1.33. The van der Waals surface area contributed by atoms with Crippen LogP contribution in [-0.4, -0.2) is 24.5 Å². The van der Waals surface area contributed by atoms with Crippen LogP contribution in [0.2, 0.25) is 0 Å². The van der Waals surface area contributed by atoms with Crippen molar-refractivity contribution >= 4 is 0 Å². The molecule has 94 valence electrons. The predicted octanol–water partition coefficient (Wildman–Crippen LogP) is 3.15. The van der Waals surface area contributed by atoms with Gasteiger partial charge in [-0.2, -0.15) is 5.26 Å². The summed E-state index contributed by atoms with van der Waals surface area (Å²) in [5, 5.41) is 8.78. The normalized spacial score (nSPS) is 27.7. The summed E-state index contributed by atoms with van der Waals surface area (Å²) in [7, 11) is 0. The Balaban J connectivity index is 1.50. The number of benzene rings is 1. The molecule has 2 nitrogen and oxygen atoms in total. The molecule has 3 rings (SSSR count). The van der Waals surface area contributed by atoms with Crippen LogP contribution in [0.4, 0.5) is 0 Å². The van der Waals surface area contributed by atoms with Gasteiger partial charge in [0.15, 0.2) is 0 Å². The molecule has 1 aromatic rings. The molecular formula is C16H20N2. The van der Waals surface area contributed by atoms with Crippen LogP contribution in [0.15, 0.2) is 24.3 Å². The van der Waals surface area contributed by atoms with Crippen molar-refractivity contribution in [1.29, 1.82) is 5.26 Å². The molecule has 1 aromatic carbocycles. The highest BCUT2D eigenvalue weighted by atomic mass is 15.1. The fourth-order valence-electron chi connectivity index (χ4n) is 3.32. The van der Waals surface area contributed by atoms with Gasteiger partial charge in [0, 0.05) is 6.54 Å². The fourth-order valence-corrected chi connectivity index (χ4v) is 3.32. The van der Waals surface area contributed by atoms with E-state index in [0.717, 1.165) is 17.4 Å². The highest BCUT2D eigenvalue weighted by molar-refractivity contribution is 5.33. The summed E-state index contributed by atoms with van der Waals surface area (Å²) >= 11 is 0. The Morgan fingerprint density at radius 2 is 1.78 bits per heavy atom. The first kappa shape index (κ1) is 11.7. The van der Waals surface area contributed by atoms with E-state index in [1.54, 1.807) is 0 Å². The average molecular weight is 240 g/mol. The van der Waals surface area contributed by atoms with Gasteiger partial charge in [-0.05, 0) is 68.3 Å². The molecule has 0 bridgehead atoms. The van der Waals surface area contributed by atoms with Gasteiger partial charge in [0.1, 0.15) is 0 Å². The van der Waals surface area contributed by atoms with E-state index >= 15 is 0 Å². The van der Waals surface area contributed by atoms with Crippen LogP contribution in [0.3, 0.4) is 0 Å². The van der Waals surface area contributed by atoms with Crippen molar-refractivity contribution in [3.8, 4) is 6.07 Å². The molecular weight excluding hydrogens is 220 g/mol. The molecule has 0 atom stereocenters. The van der Waals surface area contributed by atoms with E-state index < -0.39 is 0 Å². The van der Waals surface area contributed by atoms with Gasteiger partial charge in [0.05, 0.1) is 11.6 Å². The van der Waals surface area contributed by atoms with Gasteiger partial charge in [0.25, 0.3) is 0 Å². The van der Waals surface area contributed by atoms with Crippen LogP contribution in [-0.2, 0) is 0 Å². The Kier molecular flexibility index (Phi) is 3.34. The van der Waals surface area contributed by atoms with Crippen LogP contribution < -0.4 is 0 Å². The largest absolute Gasteiger partial charge is 0.303 e. The number of rotatable bonds is 3. The van der Waals surface area contributed by atoms with Gasteiger partial charge in [-0.1, -0.05) is 12.1 Å². The predicted molar refractivity (Wildman–Crippen MR) is 72.3 cm³/mol. The molecule has 1 aliphatic carbocycles. The van der Waals surface area contributed by atoms with Gasteiger partial charge in [0.2, 0.25) is 0 Å². The van der Waals surface area contributed by atoms with E-state index in [1.807, 2.05) is 12.1 Å². The number of nitrogens with zero attached hydrogens (tertiary/aromatic N) is 2. The van der Waals surface area contributed by atoms with E-state index in [4.69, 9.17) is 5.26 Å². The molecule has 0 N–H and O–H groups in total. The third-order valence-corrected chi connectivity index (χ3v) is 4.46. The minimum atomic E-state index is 0.741. The fraction of sp³-hybridized carbons (Fsp3) is 0.562. The molecule has 2 heteroatoms. The molecule has 0 amide bonds. The lowest BCUT2D eigenvalue weighted by Gasteiger charge is -2.38. The maximum atomic E-state index is 8.78. The molecule has 18 heavy (non-hydrogen) atoms. The number of nitriles is 1. The minimum absolute atomic E-state index is 0.741. The van der Waals surface area contributed by atoms with Gasteiger partial charge >= 0.3 is 0 Å². The molecule has 2 fully saturated rings. The van der Waals surface area contributed by atoms with Crippen molar-refractivity contribution in [2.75, 3.05) is 19.6 Å². The van der Waals surface area contributed by atoms with Crippen LogP contribution in [0.5, 0.6) is 0 Å². The molecule has 0 spiro atoms. The summed E-state index contributed by atoms with van der Waals surface area (Å²) in [5.41, 5.74) is 2.19. The second-order valence-corrected chi connectivity index (χ2v) is 5.78. The standard InChI is InChI=1S/C16H20N2/c17-11-13-3-5-15(6-4-13)16-9-14(10-16)12-18-7-1-2-8-18/h3-6,14,16H,1-2,7-10,12H2. The second-order valence-electron chi connectivity index (χ2n) is 5.78. The first-order valence-electron chi connectivity index (χ1n) is 7.07. The zero-order valence-corrected chi connectivity index (χ0v) is 10.8. The molecule has 1 saturated carbocycles. The van der Waals surface area contributed by atoms with Gasteiger partial charge in [-0.15, -0.1) is 0 Å². The first-order valence-corrected chi connectivity index (χ1v) is 7.07. The Morgan fingerprint density at radius 3 is 2.39 bits per heavy atom. The maximum absolute atomic E-state index is 8.78. The first-order chi connectivity index (χ1) is 8.85. The van der Waals surface area contributed by atoms with Crippen molar-refractivity contribution in [2.45, 2.75) is 31.6 Å². The maximum Gasteiger partial charge on any atom is 0.0991 e. The van der Waals surface area contributed by atoms with E-state index in [9.17, 15) is 0 Å². The van der Waals surface area contributed by atoms with Crippen molar-refractivity contribution in [3.63, 3.8) is 0 Å². The Morgan fingerprint density at radius 1 is 1.11 bits per heavy atom. The lowest BCUT2D eigenvalue weighted by molar-refractivity contribution is 0.180. The molecule has 0 radical (unpaired) electrons. The summed E-state index contributed by atoms with van der Waals surface area (Å²) in [5.74, 6) is 1.65. The summed E-state index contributed by atoms with van der Waals surface area (Å²) in [6.07, 6.45) is 5.46. The zero-order chi connectivity index (χ0) is 12.4. The minimum Gasteiger partial charge on any atom is -0.303 e. The van der Waals surface area contributed by atoms with Gasteiger partial charge in [-0.3, -0.25) is 0 Å².